The van der Waals surface area contributed by atoms with Gasteiger partial charge in [0.1, 0.15) is 17.4 Å². The van der Waals surface area contributed by atoms with E-state index in [1.54, 1.807) is 6.08 Å². The Bertz CT molecular complexity index is 942. The average Bonchev–Trinajstić information content (AvgIpc) is 2.67. The molecule has 0 saturated carbocycles. The van der Waals surface area contributed by atoms with Gasteiger partial charge < -0.3 is 10.5 Å². The number of hydrogen-bond acceptors (Lipinski definition) is 4. The fraction of sp³-hybridized carbons (Fsp3) is 0.0476. The van der Waals surface area contributed by atoms with Crippen LogP contribution in [0.5, 0.6) is 0 Å². The molecular formula is C21H15N3O. The van der Waals surface area contributed by atoms with Crippen LogP contribution in [0.25, 0.3) is 6.08 Å². The Balaban J connectivity index is 2.08. The van der Waals surface area contributed by atoms with Crippen molar-refractivity contribution in [2.24, 2.45) is 5.73 Å². The average molecular weight is 325 g/mol. The van der Waals surface area contributed by atoms with Gasteiger partial charge in [0.25, 0.3) is 0 Å². The van der Waals surface area contributed by atoms with Gasteiger partial charge in [-0.1, -0.05) is 66.7 Å². The zero-order chi connectivity index (χ0) is 17.6. The lowest BCUT2D eigenvalue weighted by atomic mass is 9.83. The van der Waals surface area contributed by atoms with Crippen LogP contribution in [0, 0.1) is 22.7 Å². The van der Waals surface area contributed by atoms with Gasteiger partial charge in [-0.05, 0) is 17.2 Å². The fourth-order valence-corrected chi connectivity index (χ4v) is 2.74. The summed E-state index contributed by atoms with van der Waals surface area (Å²) in [5, 5.41) is 19.2. The molecular weight excluding hydrogens is 310 g/mol. The van der Waals surface area contributed by atoms with Crippen LogP contribution in [0.15, 0.2) is 89.5 Å². The van der Waals surface area contributed by atoms with Crippen LogP contribution in [-0.2, 0) is 4.74 Å². The third kappa shape index (κ3) is 3.29. The molecule has 0 fully saturated rings. The smallest absolute Gasteiger partial charge is 0.205 e. The molecule has 0 radical (unpaired) electrons. The molecule has 2 aromatic carbocycles. The van der Waals surface area contributed by atoms with Crippen molar-refractivity contribution in [3.05, 3.63) is 101 Å². The summed E-state index contributed by atoms with van der Waals surface area (Å²) < 4.78 is 5.57. The van der Waals surface area contributed by atoms with Gasteiger partial charge in [0.05, 0.1) is 17.6 Å². The summed E-state index contributed by atoms with van der Waals surface area (Å²) in [5.41, 5.74) is 8.36. The first-order valence-electron chi connectivity index (χ1n) is 7.74. The van der Waals surface area contributed by atoms with E-state index in [0.717, 1.165) is 11.1 Å². The van der Waals surface area contributed by atoms with E-state index >= 15 is 0 Å². The second-order valence-electron chi connectivity index (χ2n) is 5.47. The van der Waals surface area contributed by atoms with Gasteiger partial charge >= 0.3 is 0 Å². The van der Waals surface area contributed by atoms with Crippen molar-refractivity contribution in [2.75, 3.05) is 0 Å². The maximum absolute atomic E-state index is 9.70. The number of benzene rings is 2. The van der Waals surface area contributed by atoms with Crippen LogP contribution < -0.4 is 5.73 Å². The van der Waals surface area contributed by atoms with Crippen LogP contribution in [-0.4, -0.2) is 0 Å². The molecule has 0 aliphatic carbocycles. The van der Waals surface area contributed by atoms with Gasteiger partial charge in [-0.15, -0.1) is 0 Å². The molecule has 120 valence electrons. The highest BCUT2D eigenvalue weighted by molar-refractivity contribution is 5.59. The normalized spacial score (nSPS) is 17.1. The third-order valence-electron chi connectivity index (χ3n) is 3.93. The minimum absolute atomic E-state index is 0.0306. The zero-order valence-corrected chi connectivity index (χ0v) is 13.4. The number of hydrogen-bond donors (Lipinski definition) is 1. The Morgan fingerprint density at radius 3 is 2.04 bits per heavy atom. The number of nitrogens with zero attached hydrogens (tertiary/aromatic N) is 2. The van der Waals surface area contributed by atoms with E-state index in [9.17, 15) is 10.5 Å². The van der Waals surface area contributed by atoms with Crippen LogP contribution in [0.4, 0.5) is 0 Å². The number of allylic oxidation sites excluding steroid dienone is 3. The van der Waals surface area contributed by atoms with Gasteiger partial charge in [-0.2, -0.15) is 10.5 Å². The monoisotopic (exact) mass is 325 g/mol. The number of rotatable bonds is 3. The van der Waals surface area contributed by atoms with E-state index in [0.29, 0.717) is 11.3 Å². The second-order valence-corrected chi connectivity index (χ2v) is 5.47. The molecule has 25 heavy (non-hydrogen) atoms. The first-order valence-corrected chi connectivity index (χ1v) is 7.74. The van der Waals surface area contributed by atoms with Crippen molar-refractivity contribution < 1.29 is 4.74 Å². The minimum atomic E-state index is -0.527. The lowest BCUT2D eigenvalue weighted by Gasteiger charge is -2.24. The van der Waals surface area contributed by atoms with Crippen molar-refractivity contribution in [2.45, 2.75) is 5.92 Å². The molecule has 4 nitrogen and oxygen atoms in total. The molecule has 2 N–H and O–H groups in total. The standard InChI is InChI=1S/C21H15N3O/c22-13-17-19(12-11-15-7-3-1-4-8-15)25-21(24)18(14-23)20(17)16-9-5-2-6-10-16/h1-12,20H,24H2/b12-11-/t20-/m0/s1. The van der Waals surface area contributed by atoms with Gasteiger partial charge in [0, 0.05) is 0 Å². The van der Waals surface area contributed by atoms with Crippen molar-refractivity contribution in [1.82, 2.24) is 0 Å². The van der Waals surface area contributed by atoms with Crippen LogP contribution in [0.1, 0.15) is 17.0 Å². The second kappa shape index (κ2) is 7.21. The molecule has 0 amide bonds. The Hall–Kier alpha value is -3.76. The quantitative estimate of drug-likeness (QED) is 0.925. The SMILES string of the molecule is N#CC1=C(N)OC(/C=C\c2ccccc2)=C(C#N)[C@@H]1c1ccccc1. The fourth-order valence-electron chi connectivity index (χ4n) is 2.74. The minimum Gasteiger partial charge on any atom is -0.439 e. The third-order valence-corrected chi connectivity index (χ3v) is 3.93. The molecule has 2 aromatic rings. The summed E-state index contributed by atoms with van der Waals surface area (Å²) in [7, 11) is 0. The lowest BCUT2D eigenvalue weighted by molar-refractivity contribution is 0.296. The number of nitriles is 2. The van der Waals surface area contributed by atoms with Gasteiger partial charge in [0.15, 0.2) is 0 Å². The van der Waals surface area contributed by atoms with Crippen molar-refractivity contribution in [3.63, 3.8) is 0 Å². The Labute approximate surface area is 146 Å². The summed E-state index contributed by atoms with van der Waals surface area (Å²) in [5.74, 6) is -0.139. The maximum Gasteiger partial charge on any atom is 0.205 e. The highest BCUT2D eigenvalue weighted by Crippen LogP contribution is 2.39. The number of ether oxygens (including phenoxy) is 1. The van der Waals surface area contributed by atoms with Crippen molar-refractivity contribution in [3.8, 4) is 12.1 Å². The predicted molar refractivity (Wildman–Crippen MR) is 95.2 cm³/mol. The van der Waals surface area contributed by atoms with E-state index in [1.807, 2.05) is 66.7 Å². The molecule has 1 heterocycles. The largest absolute Gasteiger partial charge is 0.439 e. The summed E-state index contributed by atoms with van der Waals surface area (Å²) in [6.07, 6.45) is 3.56. The summed E-state index contributed by atoms with van der Waals surface area (Å²) >= 11 is 0. The highest BCUT2D eigenvalue weighted by atomic mass is 16.5. The van der Waals surface area contributed by atoms with E-state index in [4.69, 9.17) is 10.5 Å². The molecule has 1 aliphatic rings. The summed E-state index contributed by atoms with van der Waals surface area (Å²) in [4.78, 5) is 0. The first-order chi connectivity index (χ1) is 12.2. The topological polar surface area (TPSA) is 82.8 Å². The highest BCUT2D eigenvalue weighted by Gasteiger charge is 2.32. The zero-order valence-electron chi connectivity index (χ0n) is 13.4. The Kier molecular flexibility index (Phi) is 4.65. The number of nitrogens with two attached hydrogens (primary N) is 1. The molecule has 0 saturated heterocycles. The molecule has 4 heteroatoms. The molecule has 3 rings (SSSR count). The molecule has 1 aliphatic heterocycles. The van der Waals surface area contributed by atoms with Crippen LogP contribution in [0.2, 0.25) is 0 Å². The molecule has 1 atom stereocenters. The van der Waals surface area contributed by atoms with Crippen LogP contribution >= 0.6 is 0 Å². The van der Waals surface area contributed by atoms with Crippen LogP contribution in [0.3, 0.4) is 0 Å². The predicted octanol–water partition coefficient (Wildman–Crippen LogP) is 3.99. The van der Waals surface area contributed by atoms with E-state index in [2.05, 4.69) is 12.1 Å². The first kappa shape index (κ1) is 16.1. The van der Waals surface area contributed by atoms with Gasteiger partial charge in [-0.25, -0.2) is 0 Å². The van der Waals surface area contributed by atoms with Crippen molar-refractivity contribution in [1.29, 1.82) is 10.5 Å². The van der Waals surface area contributed by atoms with Gasteiger partial charge in [0.2, 0.25) is 5.88 Å². The van der Waals surface area contributed by atoms with E-state index in [1.165, 1.54) is 0 Å². The van der Waals surface area contributed by atoms with Gasteiger partial charge in [-0.3, -0.25) is 0 Å². The Morgan fingerprint density at radius 2 is 1.44 bits per heavy atom. The maximum atomic E-state index is 9.70. The Morgan fingerprint density at radius 1 is 0.840 bits per heavy atom. The lowest BCUT2D eigenvalue weighted by Crippen LogP contribution is -2.19. The molecule has 0 aromatic heterocycles. The van der Waals surface area contributed by atoms with E-state index in [-0.39, 0.29) is 11.5 Å². The van der Waals surface area contributed by atoms with E-state index < -0.39 is 5.92 Å². The molecule has 0 bridgehead atoms. The molecule has 0 unspecified atom stereocenters. The molecule has 0 spiro atoms. The van der Waals surface area contributed by atoms with Crippen molar-refractivity contribution >= 4 is 6.08 Å². The summed E-state index contributed by atoms with van der Waals surface area (Å²) in [6.45, 7) is 0. The summed E-state index contributed by atoms with van der Waals surface area (Å²) in [6, 6.07) is 23.3.